The zero-order valence-electron chi connectivity index (χ0n) is 13.0. The lowest BCUT2D eigenvalue weighted by atomic mass is 10.1. The van der Waals surface area contributed by atoms with Crippen LogP contribution in [0.3, 0.4) is 0 Å². The summed E-state index contributed by atoms with van der Waals surface area (Å²) in [5.74, 6) is 0. The minimum atomic E-state index is 0.326. The molecular formula is C15H24N4S. The van der Waals surface area contributed by atoms with E-state index in [-0.39, 0.29) is 0 Å². The minimum Gasteiger partial charge on any atom is -0.309 e. The highest BCUT2D eigenvalue weighted by molar-refractivity contribution is 7.11. The second kappa shape index (κ2) is 6.50. The van der Waals surface area contributed by atoms with Gasteiger partial charge in [0.2, 0.25) is 0 Å². The van der Waals surface area contributed by atoms with Crippen molar-refractivity contribution in [2.75, 3.05) is 6.54 Å². The third kappa shape index (κ3) is 3.27. The first-order valence-electron chi connectivity index (χ1n) is 7.25. The Bertz CT molecular complexity index is 570. The second-order valence-electron chi connectivity index (χ2n) is 5.09. The van der Waals surface area contributed by atoms with Crippen LogP contribution in [0.15, 0.2) is 6.07 Å². The van der Waals surface area contributed by atoms with E-state index in [4.69, 9.17) is 0 Å². The van der Waals surface area contributed by atoms with E-state index >= 15 is 0 Å². The third-order valence-electron chi connectivity index (χ3n) is 3.40. The van der Waals surface area contributed by atoms with Crippen LogP contribution in [0.4, 0.5) is 0 Å². The van der Waals surface area contributed by atoms with Crippen LogP contribution >= 0.6 is 11.3 Å². The molecule has 110 valence electrons. The van der Waals surface area contributed by atoms with Crippen LogP contribution in [0.1, 0.15) is 46.9 Å². The van der Waals surface area contributed by atoms with Crippen molar-refractivity contribution in [1.29, 1.82) is 0 Å². The van der Waals surface area contributed by atoms with E-state index in [1.807, 2.05) is 0 Å². The summed E-state index contributed by atoms with van der Waals surface area (Å²) in [7, 11) is 0. The average Bonchev–Trinajstić information content (AvgIpc) is 2.91. The van der Waals surface area contributed by atoms with Crippen molar-refractivity contribution in [2.45, 2.75) is 53.6 Å². The molecule has 1 unspecified atom stereocenters. The van der Waals surface area contributed by atoms with Gasteiger partial charge in [-0.05, 0) is 40.3 Å². The lowest BCUT2D eigenvalue weighted by molar-refractivity contribution is 0.520. The summed E-state index contributed by atoms with van der Waals surface area (Å²) < 4.78 is 2.10. The van der Waals surface area contributed by atoms with E-state index < -0.39 is 0 Å². The second-order valence-corrected chi connectivity index (χ2v) is 6.32. The number of thiazole rings is 1. The maximum absolute atomic E-state index is 4.56. The van der Waals surface area contributed by atoms with Gasteiger partial charge in [0.25, 0.3) is 0 Å². The molecule has 4 nitrogen and oxygen atoms in total. The van der Waals surface area contributed by atoms with Crippen LogP contribution in [0, 0.1) is 20.8 Å². The maximum atomic E-state index is 4.56. The van der Waals surface area contributed by atoms with E-state index in [0.717, 1.165) is 35.9 Å². The SMILES string of the molecule is CCNC(Cc1cc(C)nn1CC)c1sc(C)nc1C. The standard InChI is InChI=1S/C15H24N4S/c1-6-16-14(15-11(4)17-12(5)20-15)9-13-8-10(3)18-19(13)7-2/h8,14,16H,6-7,9H2,1-5H3. The molecule has 0 aromatic carbocycles. The predicted octanol–water partition coefficient (Wildman–Crippen LogP) is 3.18. The number of hydrogen-bond acceptors (Lipinski definition) is 4. The van der Waals surface area contributed by atoms with Gasteiger partial charge in [0.1, 0.15) is 0 Å². The Morgan fingerprint density at radius 1 is 1.30 bits per heavy atom. The van der Waals surface area contributed by atoms with Crippen LogP contribution in [-0.4, -0.2) is 21.3 Å². The molecule has 0 spiro atoms. The van der Waals surface area contributed by atoms with Gasteiger partial charge < -0.3 is 5.32 Å². The number of likely N-dealkylation sites (N-methyl/N-ethyl adjacent to an activating group) is 1. The fourth-order valence-corrected chi connectivity index (χ4v) is 3.62. The Kier molecular flexibility index (Phi) is 4.94. The molecule has 1 N–H and O–H groups in total. The molecule has 1 atom stereocenters. The fraction of sp³-hybridized carbons (Fsp3) is 0.600. The smallest absolute Gasteiger partial charge is 0.0900 e. The lowest BCUT2D eigenvalue weighted by Gasteiger charge is -2.17. The van der Waals surface area contributed by atoms with Gasteiger partial charge in [0.05, 0.1) is 16.4 Å². The molecular weight excluding hydrogens is 268 g/mol. The Morgan fingerprint density at radius 2 is 2.05 bits per heavy atom. The van der Waals surface area contributed by atoms with Crippen LogP contribution in [0.5, 0.6) is 0 Å². The summed E-state index contributed by atoms with van der Waals surface area (Å²) in [6.07, 6.45) is 0.963. The molecule has 0 saturated carbocycles. The molecule has 0 aliphatic heterocycles. The summed E-state index contributed by atoms with van der Waals surface area (Å²) in [5, 5.41) is 9.27. The van der Waals surface area contributed by atoms with Gasteiger partial charge >= 0.3 is 0 Å². The van der Waals surface area contributed by atoms with Gasteiger partial charge in [0, 0.05) is 29.6 Å². The fourth-order valence-electron chi connectivity index (χ4n) is 2.62. The summed E-state index contributed by atoms with van der Waals surface area (Å²) in [6, 6.07) is 2.52. The van der Waals surface area contributed by atoms with E-state index in [1.54, 1.807) is 11.3 Å². The van der Waals surface area contributed by atoms with Crippen molar-refractivity contribution < 1.29 is 0 Å². The topological polar surface area (TPSA) is 42.7 Å². The van der Waals surface area contributed by atoms with Crippen LogP contribution in [0.25, 0.3) is 0 Å². The van der Waals surface area contributed by atoms with Gasteiger partial charge in [0.15, 0.2) is 0 Å². The molecule has 0 aliphatic carbocycles. The van der Waals surface area contributed by atoms with Crippen molar-refractivity contribution in [3.8, 4) is 0 Å². The van der Waals surface area contributed by atoms with Crippen molar-refractivity contribution in [1.82, 2.24) is 20.1 Å². The first kappa shape index (κ1) is 15.2. The van der Waals surface area contributed by atoms with E-state index in [0.29, 0.717) is 6.04 Å². The summed E-state index contributed by atoms with van der Waals surface area (Å²) in [4.78, 5) is 5.91. The Balaban J connectivity index is 2.27. The number of hydrogen-bond donors (Lipinski definition) is 1. The van der Waals surface area contributed by atoms with Gasteiger partial charge in [-0.1, -0.05) is 6.92 Å². The third-order valence-corrected chi connectivity index (χ3v) is 4.59. The first-order chi connectivity index (χ1) is 9.55. The molecule has 2 rings (SSSR count). The highest BCUT2D eigenvalue weighted by atomic mass is 32.1. The zero-order valence-corrected chi connectivity index (χ0v) is 13.8. The molecule has 0 saturated heterocycles. The molecule has 5 heteroatoms. The number of aromatic nitrogens is 3. The Hall–Kier alpha value is -1.20. The van der Waals surface area contributed by atoms with Crippen molar-refractivity contribution in [3.63, 3.8) is 0 Å². The molecule has 0 amide bonds. The number of aryl methyl sites for hydroxylation is 4. The maximum Gasteiger partial charge on any atom is 0.0900 e. The quantitative estimate of drug-likeness (QED) is 0.889. The highest BCUT2D eigenvalue weighted by Gasteiger charge is 2.19. The molecule has 0 fully saturated rings. The Morgan fingerprint density at radius 3 is 2.60 bits per heavy atom. The zero-order chi connectivity index (χ0) is 14.7. The first-order valence-corrected chi connectivity index (χ1v) is 8.07. The van der Waals surface area contributed by atoms with Gasteiger partial charge in [-0.3, -0.25) is 4.68 Å². The largest absolute Gasteiger partial charge is 0.309 e. The number of nitrogens with zero attached hydrogens (tertiary/aromatic N) is 3. The number of nitrogens with one attached hydrogen (secondary N) is 1. The monoisotopic (exact) mass is 292 g/mol. The molecule has 2 aromatic heterocycles. The lowest BCUT2D eigenvalue weighted by Crippen LogP contribution is -2.24. The van der Waals surface area contributed by atoms with Crippen LogP contribution < -0.4 is 5.32 Å². The summed E-state index contributed by atoms with van der Waals surface area (Å²) >= 11 is 1.80. The van der Waals surface area contributed by atoms with E-state index in [1.165, 1.54) is 10.6 Å². The molecule has 20 heavy (non-hydrogen) atoms. The highest BCUT2D eigenvalue weighted by Crippen LogP contribution is 2.27. The molecule has 0 aliphatic rings. The van der Waals surface area contributed by atoms with Crippen molar-refractivity contribution >= 4 is 11.3 Å². The average molecular weight is 292 g/mol. The normalized spacial score (nSPS) is 12.8. The van der Waals surface area contributed by atoms with Crippen LogP contribution in [0.2, 0.25) is 0 Å². The number of rotatable bonds is 6. The minimum absolute atomic E-state index is 0.326. The van der Waals surface area contributed by atoms with Gasteiger partial charge in [-0.2, -0.15) is 5.10 Å². The predicted molar refractivity (Wildman–Crippen MR) is 84.3 cm³/mol. The van der Waals surface area contributed by atoms with E-state index in [2.05, 4.69) is 60.8 Å². The van der Waals surface area contributed by atoms with Crippen molar-refractivity contribution in [2.24, 2.45) is 0 Å². The molecule has 2 heterocycles. The molecule has 0 bridgehead atoms. The van der Waals surface area contributed by atoms with E-state index in [9.17, 15) is 0 Å². The Labute approximate surface area is 125 Å². The molecule has 2 aromatic rings. The molecule has 0 radical (unpaired) electrons. The van der Waals surface area contributed by atoms with Crippen molar-refractivity contribution in [3.05, 3.63) is 33.0 Å². The van der Waals surface area contributed by atoms with Gasteiger partial charge in [-0.15, -0.1) is 11.3 Å². The summed E-state index contributed by atoms with van der Waals surface area (Å²) in [6.45, 7) is 12.4. The summed E-state index contributed by atoms with van der Waals surface area (Å²) in [5.41, 5.74) is 3.54. The van der Waals surface area contributed by atoms with Crippen LogP contribution in [-0.2, 0) is 13.0 Å². The van der Waals surface area contributed by atoms with Gasteiger partial charge in [-0.25, -0.2) is 4.98 Å².